The van der Waals surface area contributed by atoms with E-state index in [-0.39, 0.29) is 24.5 Å². The van der Waals surface area contributed by atoms with E-state index >= 15 is 0 Å². The summed E-state index contributed by atoms with van der Waals surface area (Å²) in [4.78, 5) is 11.7. The molecule has 7 nitrogen and oxygen atoms in total. The first-order valence-corrected chi connectivity index (χ1v) is 9.04. The van der Waals surface area contributed by atoms with E-state index in [0.29, 0.717) is 5.69 Å². The van der Waals surface area contributed by atoms with E-state index in [9.17, 15) is 17.6 Å². The Kier molecular flexibility index (Phi) is 4.90. The van der Waals surface area contributed by atoms with Gasteiger partial charge >= 0.3 is 0 Å². The van der Waals surface area contributed by atoms with Gasteiger partial charge in [0.25, 0.3) is 5.91 Å². The molecule has 128 valence electrons. The van der Waals surface area contributed by atoms with E-state index in [1.165, 1.54) is 24.5 Å². The monoisotopic (exact) mass is 346 g/mol. The molecule has 1 atom stereocenters. The number of nitrogens with zero attached hydrogens (tertiary/aromatic N) is 1. The summed E-state index contributed by atoms with van der Waals surface area (Å²) in [6.07, 6.45) is 4.25. The lowest BCUT2D eigenvalue weighted by molar-refractivity contribution is -0.131. The van der Waals surface area contributed by atoms with Crippen LogP contribution in [-0.2, 0) is 21.1 Å². The number of sulfone groups is 1. The first-order valence-electron chi connectivity index (χ1n) is 7.15. The first-order chi connectivity index (χ1) is 10.7. The van der Waals surface area contributed by atoms with Gasteiger partial charge in [-0.2, -0.15) is 0 Å². The Balaban J connectivity index is 2.10. The molecule has 0 aromatic carbocycles. The molecule has 1 fully saturated rings. The Morgan fingerprint density at radius 1 is 1.61 bits per heavy atom. The zero-order valence-electron chi connectivity index (χ0n) is 12.9. The molecule has 1 heterocycles. The Hall–Kier alpha value is -1.74. The molecule has 0 radical (unpaired) electrons. The molecule has 1 amide bonds. The largest absolute Gasteiger partial charge is 0.354 e. The molecule has 1 aliphatic carbocycles. The maximum atomic E-state index is 13.8. The highest BCUT2D eigenvalue weighted by molar-refractivity contribution is 7.92. The molecule has 1 aromatic heterocycles. The average molecular weight is 346 g/mol. The smallest absolute Gasteiger partial charge is 0.264 e. The van der Waals surface area contributed by atoms with Crippen LogP contribution in [0.15, 0.2) is 16.7 Å². The highest BCUT2D eigenvalue weighted by atomic mass is 32.2. The van der Waals surface area contributed by atoms with Crippen molar-refractivity contribution in [3.8, 4) is 0 Å². The second kappa shape index (κ2) is 6.40. The molecule has 1 aromatic rings. The van der Waals surface area contributed by atoms with E-state index in [4.69, 9.17) is 9.73 Å². The number of aromatic nitrogens is 1. The quantitative estimate of drug-likeness (QED) is 0.574. The van der Waals surface area contributed by atoms with Crippen LogP contribution in [0.5, 0.6) is 0 Å². The van der Waals surface area contributed by atoms with Crippen molar-refractivity contribution in [2.24, 2.45) is 5.92 Å². The van der Waals surface area contributed by atoms with E-state index in [1.807, 2.05) is 0 Å². The standard InChI is InChI=1S/C14H19FN2O5S/c1-14(13(18)16-19,23(2,20)21)6-5-10-8-12(22-17-10)11(15)7-9-3-4-9/h7-9,19H,3-6H2,1-2H3,(H,16,18)/t14-/m1/s1. The maximum absolute atomic E-state index is 13.8. The number of hydrogen-bond donors (Lipinski definition) is 2. The summed E-state index contributed by atoms with van der Waals surface area (Å²) in [6, 6.07) is 1.38. The number of halogens is 1. The summed E-state index contributed by atoms with van der Waals surface area (Å²) in [7, 11) is -3.78. The maximum Gasteiger partial charge on any atom is 0.264 e. The van der Waals surface area contributed by atoms with Gasteiger partial charge in [0, 0.05) is 12.3 Å². The lowest BCUT2D eigenvalue weighted by atomic mass is 10.0. The van der Waals surface area contributed by atoms with Gasteiger partial charge in [-0.05, 0) is 44.6 Å². The SMILES string of the molecule is C[C@@](CCc1cc(C(F)=CC2CC2)on1)(C(=O)NO)S(C)(=O)=O. The van der Waals surface area contributed by atoms with Crippen LogP contribution < -0.4 is 5.48 Å². The fourth-order valence-electron chi connectivity index (χ4n) is 2.05. The molecule has 0 spiro atoms. The van der Waals surface area contributed by atoms with Crippen molar-refractivity contribution in [2.75, 3.05) is 6.26 Å². The van der Waals surface area contributed by atoms with Gasteiger partial charge in [0.2, 0.25) is 0 Å². The lowest BCUT2D eigenvalue weighted by Gasteiger charge is -2.24. The van der Waals surface area contributed by atoms with Gasteiger partial charge in [-0.1, -0.05) is 5.16 Å². The van der Waals surface area contributed by atoms with Crippen molar-refractivity contribution >= 4 is 21.6 Å². The summed E-state index contributed by atoms with van der Waals surface area (Å²) in [5.41, 5.74) is 1.70. The number of hydrogen-bond acceptors (Lipinski definition) is 6. The number of carbonyl (C=O) groups excluding carboxylic acids is 1. The number of allylic oxidation sites excluding steroid dienone is 1. The van der Waals surface area contributed by atoms with Crippen LogP contribution in [0.2, 0.25) is 0 Å². The molecule has 0 aliphatic heterocycles. The predicted octanol–water partition coefficient (Wildman–Crippen LogP) is 1.64. The van der Waals surface area contributed by atoms with E-state index < -0.39 is 26.3 Å². The van der Waals surface area contributed by atoms with Gasteiger partial charge in [0.15, 0.2) is 21.4 Å². The van der Waals surface area contributed by atoms with Crippen molar-refractivity contribution in [3.63, 3.8) is 0 Å². The molecule has 2 rings (SSSR count). The number of amides is 1. The summed E-state index contributed by atoms with van der Waals surface area (Å²) >= 11 is 0. The highest BCUT2D eigenvalue weighted by Gasteiger charge is 2.43. The van der Waals surface area contributed by atoms with Crippen LogP contribution in [-0.4, -0.2) is 35.7 Å². The summed E-state index contributed by atoms with van der Waals surface area (Å²) < 4.78 is 40.6. The summed E-state index contributed by atoms with van der Waals surface area (Å²) in [5, 5.41) is 12.4. The third-order valence-corrected chi connectivity index (χ3v) is 6.08. The van der Waals surface area contributed by atoms with Gasteiger partial charge < -0.3 is 4.52 Å². The van der Waals surface area contributed by atoms with Gasteiger partial charge in [-0.25, -0.2) is 18.3 Å². The van der Waals surface area contributed by atoms with Crippen LogP contribution >= 0.6 is 0 Å². The fourth-order valence-corrected chi connectivity index (χ4v) is 2.90. The summed E-state index contributed by atoms with van der Waals surface area (Å²) in [5.74, 6) is -1.29. The minimum atomic E-state index is -3.78. The molecule has 1 aliphatic rings. The van der Waals surface area contributed by atoms with E-state index in [2.05, 4.69) is 5.16 Å². The minimum Gasteiger partial charge on any atom is -0.354 e. The number of aryl methyl sites for hydroxylation is 1. The van der Waals surface area contributed by atoms with Crippen molar-refractivity contribution < 1.29 is 27.3 Å². The number of carbonyl (C=O) groups is 1. The van der Waals surface area contributed by atoms with Crippen LogP contribution in [0.4, 0.5) is 4.39 Å². The van der Waals surface area contributed by atoms with Gasteiger partial charge in [0.05, 0.1) is 5.69 Å². The predicted molar refractivity (Wildman–Crippen MR) is 79.8 cm³/mol. The number of rotatable bonds is 7. The molecule has 0 bridgehead atoms. The van der Waals surface area contributed by atoms with Crippen LogP contribution in [0.1, 0.15) is 37.6 Å². The second-order valence-electron chi connectivity index (χ2n) is 5.98. The normalized spacial score (nSPS) is 18.5. The third-order valence-electron chi connectivity index (χ3n) is 4.06. The van der Waals surface area contributed by atoms with Crippen LogP contribution in [0, 0.1) is 5.92 Å². The van der Waals surface area contributed by atoms with E-state index in [1.54, 1.807) is 0 Å². The molecule has 0 saturated heterocycles. The molecular formula is C14H19FN2O5S. The van der Waals surface area contributed by atoms with Crippen molar-refractivity contribution in [1.82, 2.24) is 10.6 Å². The molecular weight excluding hydrogens is 327 g/mol. The average Bonchev–Trinajstić information content (AvgIpc) is 3.16. The van der Waals surface area contributed by atoms with Crippen LogP contribution in [0.25, 0.3) is 5.83 Å². The zero-order chi connectivity index (χ0) is 17.3. The molecule has 0 unspecified atom stereocenters. The number of hydroxylamine groups is 1. The molecule has 1 saturated carbocycles. The van der Waals surface area contributed by atoms with E-state index in [0.717, 1.165) is 19.1 Å². The van der Waals surface area contributed by atoms with Crippen molar-refractivity contribution in [3.05, 3.63) is 23.6 Å². The third kappa shape index (κ3) is 3.97. The lowest BCUT2D eigenvalue weighted by Crippen LogP contribution is -2.49. The Bertz CT molecular complexity index is 723. The van der Waals surface area contributed by atoms with Gasteiger partial charge in [-0.3, -0.25) is 10.0 Å². The number of nitrogens with one attached hydrogen (secondary N) is 1. The zero-order valence-corrected chi connectivity index (χ0v) is 13.7. The molecule has 9 heteroatoms. The Labute approximate surface area is 133 Å². The highest BCUT2D eigenvalue weighted by Crippen LogP contribution is 2.34. The topological polar surface area (TPSA) is 110 Å². The Morgan fingerprint density at radius 2 is 2.26 bits per heavy atom. The van der Waals surface area contributed by atoms with Crippen LogP contribution in [0.3, 0.4) is 0 Å². The van der Waals surface area contributed by atoms with Crippen molar-refractivity contribution in [1.29, 1.82) is 0 Å². The Morgan fingerprint density at radius 3 is 2.78 bits per heavy atom. The summed E-state index contributed by atoms with van der Waals surface area (Å²) in [6.45, 7) is 1.21. The van der Waals surface area contributed by atoms with Gasteiger partial charge in [-0.15, -0.1) is 0 Å². The second-order valence-corrected chi connectivity index (χ2v) is 8.42. The van der Waals surface area contributed by atoms with Gasteiger partial charge in [0.1, 0.15) is 4.75 Å². The fraction of sp³-hybridized carbons (Fsp3) is 0.571. The first kappa shape index (κ1) is 17.6. The minimum absolute atomic E-state index is 0.0143. The molecule has 23 heavy (non-hydrogen) atoms. The van der Waals surface area contributed by atoms with Crippen molar-refractivity contribution in [2.45, 2.75) is 37.4 Å². The molecule has 2 N–H and O–H groups in total.